The number of benzene rings is 1. The summed E-state index contributed by atoms with van der Waals surface area (Å²) < 4.78 is 0. The molecular weight excluding hydrogens is 236 g/mol. The van der Waals surface area contributed by atoms with Crippen LogP contribution in [0, 0.1) is 6.92 Å². The molecule has 0 amide bonds. The summed E-state index contributed by atoms with van der Waals surface area (Å²) in [7, 11) is 0. The van der Waals surface area contributed by atoms with Crippen LogP contribution in [0.15, 0.2) is 30.3 Å². The van der Waals surface area contributed by atoms with Gasteiger partial charge in [0.15, 0.2) is 0 Å². The van der Waals surface area contributed by atoms with Crippen LogP contribution in [0.4, 0.5) is 11.8 Å². The monoisotopic (exact) mass is 256 g/mol. The van der Waals surface area contributed by atoms with E-state index in [4.69, 9.17) is 5.73 Å². The third-order valence-electron chi connectivity index (χ3n) is 3.21. The molecule has 0 saturated heterocycles. The van der Waals surface area contributed by atoms with Gasteiger partial charge in [-0.25, -0.2) is 4.98 Å². The van der Waals surface area contributed by atoms with E-state index in [2.05, 4.69) is 28.7 Å². The van der Waals surface area contributed by atoms with Crippen LogP contribution in [0.25, 0.3) is 11.1 Å². The van der Waals surface area contributed by atoms with Crippen LogP contribution in [0.5, 0.6) is 0 Å². The SMILES string of the molecule is CCN(CC)c1nc(C)c(-c2ccccc2)c(N)n1. The number of aromatic nitrogens is 2. The van der Waals surface area contributed by atoms with Gasteiger partial charge in [-0.3, -0.25) is 0 Å². The van der Waals surface area contributed by atoms with Crippen molar-refractivity contribution in [3.05, 3.63) is 36.0 Å². The standard InChI is InChI=1S/C15H20N4/c1-4-19(5-2)15-17-11(3)13(14(16)18-15)12-9-7-6-8-10-12/h6-10H,4-5H2,1-3H3,(H2,16,17,18). The Morgan fingerprint density at radius 2 is 1.68 bits per heavy atom. The van der Waals surface area contributed by atoms with Gasteiger partial charge in [-0.15, -0.1) is 0 Å². The van der Waals surface area contributed by atoms with Gasteiger partial charge in [-0.1, -0.05) is 30.3 Å². The lowest BCUT2D eigenvalue weighted by atomic mass is 10.1. The molecular formula is C15H20N4. The van der Waals surface area contributed by atoms with Gasteiger partial charge in [0.2, 0.25) is 5.95 Å². The zero-order chi connectivity index (χ0) is 13.8. The first-order valence-corrected chi connectivity index (χ1v) is 6.61. The normalized spacial score (nSPS) is 10.5. The Bertz CT molecular complexity index is 524. The highest BCUT2D eigenvalue weighted by Gasteiger charge is 2.13. The first kappa shape index (κ1) is 13.3. The first-order chi connectivity index (χ1) is 9.17. The molecule has 0 aliphatic rings. The zero-order valence-corrected chi connectivity index (χ0v) is 11.7. The number of nitrogens with zero attached hydrogens (tertiary/aromatic N) is 3. The number of nitrogen functional groups attached to an aromatic ring is 1. The molecule has 0 bridgehead atoms. The summed E-state index contributed by atoms with van der Waals surface area (Å²) in [5.74, 6) is 1.25. The van der Waals surface area contributed by atoms with E-state index in [-0.39, 0.29) is 0 Å². The lowest BCUT2D eigenvalue weighted by Gasteiger charge is -2.20. The van der Waals surface area contributed by atoms with Crippen LogP contribution in [0.2, 0.25) is 0 Å². The molecule has 2 rings (SSSR count). The number of aryl methyl sites for hydroxylation is 1. The summed E-state index contributed by atoms with van der Waals surface area (Å²) >= 11 is 0. The predicted molar refractivity (Wildman–Crippen MR) is 80.2 cm³/mol. The maximum atomic E-state index is 6.12. The van der Waals surface area contributed by atoms with Gasteiger partial charge in [0, 0.05) is 18.7 Å². The molecule has 0 fully saturated rings. The Balaban J connectivity index is 2.49. The van der Waals surface area contributed by atoms with Crippen molar-refractivity contribution in [3.63, 3.8) is 0 Å². The molecule has 4 heteroatoms. The van der Waals surface area contributed by atoms with E-state index in [1.807, 2.05) is 37.3 Å². The van der Waals surface area contributed by atoms with Crippen LogP contribution in [-0.4, -0.2) is 23.1 Å². The maximum Gasteiger partial charge on any atom is 0.227 e. The summed E-state index contributed by atoms with van der Waals surface area (Å²) in [4.78, 5) is 11.1. The van der Waals surface area contributed by atoms with Crippen molar-refractivity contribution < 1.29 is 0 Å². The van der Waals surface area contributed by atoms with Crippen molar-refractivity contribution in [1.29, 1.82) is 0 Å². The summed E-state index contributed by atoms with van der Waals surface area (Å²) in [6, 6.07) is 10.0. The molecule has 2 N–H and O–H groups in total. The predicted octanol–water partition coefficient (Wildman–Crippen LogP) is 2.88. The van der Waals surface area contributed by atoms with Gasteiger partial charge < -0.3 is 10.6 Å². The second kappa shape index (κ2) is 5.69. The summed E-state index contributed by atoms with van der Waals surface area (Å²) in [6.45, 7) is 7.90. The fourth-order valence-corrected chi connectivity index (χ4v) is 2.19. The number of anilines is 2. The van der Waals surface area contributed by atoms with E-state index in [1.54, 1.807) is 0 Å². The quantitative estimate of drug-likeness (QED) is 0.914. The largest absolute Gasteiger partial charge is 0.383 e. The molecule has 2 aromatic rings. The molecule has 0 atom stereocenters. The fourth-order valence-electron chi connectivity index (χ4n) is 2.19. The summed E-state index contributed by atoms with van der Waals surface area (Å²) in [5, 5.41) is 0. The third kappa shape index (κ3) is 2.67. The molecule has 1 aromatic heterocycles. The van der Waals surface area contributed by atoms with Gasteiger partial charge in [0.25, 0.3) is 0 Å². The van der Waals surface area contributed by atoms with Gasteiger partial charge in [-0.2, -0.15) is 4.98 Å². The molecule has 0 aliphatic carbocycles. The number of rotatable bonds is 4. The van der Waals surface area contributed by atoms with Gasteiger partial charge in [0.1, 0.15) is 5.82 Å². The molecule has 0 radical (unpaired) electrons. The van der Waals surface area contributed by atoms with Crippen molar-refractivity contribution >= 4 is 11.8 Å². The minimum Gasteiger partial charge on any atom is -0.383 e. The lowest BCUT2D eigenvalue weighted by Crippen LogP contribution is -2.25. The van der Waals surface area contributed by atoms with E-state index in [1.165, 1.54) is 0 Å². The topological polar surface area (TPSA) is 55.0 Å². The summed E-state index contributed by atoms with van der Waals surface area (Å²) in [6.07, 6.45) is 0. The smallest absolute Gasteiger partial charge is 0.227 e. The molecule has 1 aromatic carbocycles. The number of nitrogens with two attached hydrogens (primary N) is 1. The highest BCUT2D eigenvalue weighted by molar-refractivity contribution is 5.76. The van der Waals surface area contributed by atoms with Gasteiger partial charge in [0.05, 0.1) is 5.69 Å². The van der Waals surface area contributed by atoms with Gasteiger partial charge in [-0.05, 0) is 26.3 Å². The second-order valence-electron chi connectivity index (χ2n) is 4.41. The molecule has 0 unspecified atom stereocenters. The van der Waals surface area contributed by atoms with Gasteiger partial charge >= 0.3 is 0 Å². The highest BCUT2D eigenvalue weighted by Crippen LogP contribution is 2.28. The van der Waals surface area contributed by atoms with E-state index < -0.39 is 0 Å². The van der Waals surface area contributed by atoms with Crippen LogP contribution in [-0.2, 0) is 0 Å². The Morgan fingerprint density at radius 1 is 1.05 bits per heavy atom. The number of hydrogen-bond acceptors (Lipinski definition) is 4. The van der Waals surface area contributed by atoms with Crippen molar-refractivity contribution in [1.82, 2.24) is 9.97 Å². The van der Waals surface area contributed by atoms with E-state index in [0.717, 1.165) is 29.9 Å². The minimum atomic E-state index is 0.542. The van der Waals surface area contributed by atoms with Crippen molar-refractivity contribution in [3.8, 4) is 11.1 Å². The minimum absolute atomic E-state index is 0.542. The molecule has 0 saturated carbocycles. The molecule has 1 heterocycles. The van der Waals surface area contributed by atoms with E-state index >= 15 is 0 Å². The zero-order valence-electron chi connectivity index (χ0n) is 11.7. The van der Waals surface area contributed by atoms with Crippen LogP contribution >= 0.6 is 0 Å². The lowest BCUT2D eigenvalue weighted by molar-refractivity contribution is 0.818. The molecule has 0 aliphatic heterocycles. The first-order valence-electron chi connectivity index (χ1n) is 6.61. The van der Waals surface area contributed by atoms with Crippen molar-refractivity contribution in [2.45, 2.75) is 20.8 Å². The third-order valence-corrected chi connectivity index (χ3v) is 3.21. The van der Waals surface area contributed by atoms with Crippen molar-refractivity contribution in [2.75, 3.05) is 23.7 Å². The summed E-state index contributed by atoms with van der Waals surface area (Å²) in [5.41, 5.74) is 9.03. The average molecular weight is 256 g/mol. The highest BCUT2D eigenvalue weighted by atomic mass is 15.3. The van der Waals surface area contributed by atoms with Crippen LogP contribution in [0.1, 0.15) is 19.5 Å². The van der Waals surface area contributed by atoms with E-state index in [9.17, 15) is 0 Å². The molecule has 100 valence electrons. The van der Waals surface area contributed by atoms with Crippen LogP contribution in [0.3, 0.4) is 0 Å². The Labute approximate surface area is 114 Å². The van der Waals surface area contributed by atoms with E-state index in [0.29, 0.717) is 11.8 Å². The molecule has 0 spiro atoms. The fraction of sp³-hybridized carbons (Fsp3) is 0.333. The maximum absolute atomic E-state index is 6.12. The Hall–Kier alpha value is -2.10. The molecule has 19 heavy (non-hydrogen) atoms. The Morgan fingerprint density at radius 3 is 2.21 bits per heavy atom. The second-order valence-corrected chi connectivity index (χ2v) is 4.41. The average Bonchev–Trinajstić information content (AvgIpc) is 2.40. The van der Waals surface area contributed by atoms with Crippen molar-refractivity contribution in [2.24, 2.45) is 0 Å². The van der Waals surface area contributed by atoms with Crippen LogP contribution < -0.4 is 10.6 Å². The number of hydrogen-bond donors (Lipinski definition) is 1. The Kier molecular flexibility index (Phi) is 4.00. The molecule has 4 nitrogen and oxygen atoms in total.